The summed E-state index contributed by atoms with van der Waals surface area (Å²) in [5, 5.41) is 6.58. The first-order valence-electron chi connectivity index (χ1n) is 6.97. The zero-order chi connectivity index (χ0) is 14.7. The molecule has 3 heterocycles. The fraction of sp³-hybridized carbons (Fsp3) is 0.429. The van der Waals surface area contributed by atoms with Gasteiger partial charge >= 0.3 is 0 Å². The number of carbonyl (C=O) groups is 1. The van der Waals surface area contributed by atoms with Gasteiger partial charge in [0.2, 0.25) is 5.91 Å². The van der Waals surface area contributed by atoms with Crippen molar-refractivity contribution < 1.29 is 9.32 Å². The molecule has 0 unspecified atom stereocenters. The molecular weight excluding hydrogens is 270 g/mol. The normalized spacial score (nSPS) is 18.5. The third-order valence-electron chi connectivity index (χ3n) is 3.54. The van der Waals surface area contributed by atoms with Gasteiger partial charge in [-0.25, -0.2) is 4.98 Å². The molecular formula is C14H17N5O2. The zero-order valence-electron chi connectivity index (χ0n) is 11.8. The van der Waals surface area contributed by atoms with Crippen LogP contribution in [0.3, 0.4) is 0 Å². The lowest BCUT2D eigenvalue weighted by Gasteiger charge is -2.32. The first-order chi connectivity index (χ1) is 10.2. The highest BCUT2D eigenvalue weighted by Gasteiger charge is 2.27. The molecule has 1 aliphatic heterocycles. The predicted octanol–water partition coefficient (Wildman–Crippen LogP) is 1.63. The number of aryl methyl sites for hydroxylation is 1. The van der Waals surface area contributed by atoms with Crippen LogP contribution in [-0.4, -0.2) is 34.1 Å². The van der Waals surface area contributed by atoms with Gasteiger partial charge in [-0.2, -0.15) is 0 Å². The first-order valence-corrected chi connectivity index (χ1v) is 6.97. The minimum atomic E-state index is -0.0854. The van der Waals surface area contributed by atoms with Crippen molar-refractivity contribution >= 4 is 17.5 Å². The largest absolute Gasteiger partial charge is 0.360 e. The number of hydrogen-bond acceptors (Lipinski definition) is 6. The quantitative estimate of drug-likeness (QED) is 0.923. The molecule has 0 radical (unpaired) electrons. The maximum absolute atomic E-state index is 12.3. The number of rotatable bonds is 3. The van der Waals surface area contributed by atoms with Crippen molar-refractivity contribution in [3.05, 3.63) is 30.4 Å². The number of nitrogens with one attached hydrogen (secondary N) is 1. The summed E-state index contributed by atoms with van der Waals surface area (Å²) in [7, 11) is 0. The minimum Gasteiger partial charge on any atom is -0.360 e. The molecule has 7 heteroatoms. The molecule has 7 nitrogen and oxygen atoms in total. The van der Waals surface area contributed by atoms with Gasteiger partial charge in [0.15, 0.2) is 5.82 Å². The molecule has 1 aliphatic rings. The lowest BCUT2D eigenvalue weighted by atomic mass is 9.97. The van der Waals surface area contributed by atoms with E-state index in [1.165, 1.54) is 0 Å². The zero-order valence-corrected chi connectivity index (χ0v) is 11.8. The van der Waals surface area contributed by atoms with E-state index in [0.29, 0.717) is 18.1 Å². The van der Waals surface area contributed by atoms with Crippen molar-refractivity contribution in [3.8, 4) is 0 Å². The van der Waals surface area contributed by atoms with E-state index in [-0.39, 0.29) is 11.8 Å². The fourth-order valence-electron chi connectivity index (χ4n) is 2.51. The predicted molar refractivity (Wildman–Crippen MR) is 76.8 cm³/mol. The Balaban J connectivity index is 1.64. The van der Waals surface area contributed by atoms with Crippen LogP contribution in [-0.2, 0) is 4.79 Å². The molecule has 2 aromatic heterocycles. The number of nitrogens with zero attached hydrogens (tertiary/aromatic N) is 4. The van der Waals surface area contributed by atoms with E-state index in [0.717, 1.165) is 25.2 Å². The lowest BCUT2D eigenvalue weighted by Crippen LogP contribution is -2.41. The SMILES string of the molecule is Cc1cc(NC(=O)[C@@H]2CCCN(c3cnccn3)C2)no1. The molecule has 21 heavy (non-hydrogen) atoms. The van der Waals surface area contributed by atoms with E-state index in [4.69, 9.17) is 4.52 Å². The Hall–Kier alpha value is -2.44. The van der Waals surface area contributed by atoms with Gasteiger partial charge in [0, 0.05) is 31.5 Å². The molecule has 0 spiro atoms. The highest BCUT2D eigenvalue weighted by atomic mass is 16.5. The van der Waals surface area contributed by atoms with Gasteiger partial charge in [-0.15, -0.1) is 0 Å². The van der Waals surface area contributed by atoms with Gasteiger partial charge in [0.25, 0.3) is 0 Å². The number of amides is 1. The molecule has 2 aromatic rings. The molecule has 1 atom stereocenters. The number of piperidine rings is 1. The Bertz CT molecular complexity index is 613. The van der Waals surface area contributed by atoms with E-state index in [2.05, 4.69) is 25.3 Å². The molecule has 1 fully saturated rings. The van der Waals surface area contributed by atoms with Crippen molar-refractivity contribution in [2.45, 2.75) is 19.8 Å². The van der Waals surface area contributed by atoms with Crippen LogP contribution in [0.25, 0.3) is 0 Å². The second-order valence-electron chi connectivity index (χ2n) is 5.16. The Morgan fingerprint density at radius 3 is 3.10 bits per heavy atom. The van der Waals surface area contributed by atoms with Gasteiger partial charge < -0.3 is 14.7 Å². The summed E-state index contributed by atoms with van der Waals surface area (Å²) < 4.78 is 4.95. The van der Waals surface area contributed by atoms with Crippen LogP contribution in [0.5, 0.6) is 0 Å². The fourth-order valence-corrected chi connectivity index (χ4v) is 2.51. The van der Waals surface area contributed by atoms with E-state index >= 15 is 0 Å². The van der Waals surface area contributed by atoms with E-state index in [1.54, 1.807) is 31.6 Å². The van der Waals surface area contributed by atoms with Crippen LogP contribution in [0.2, 0.25) is 0 Å². The summed E-state index contributed by atoms with van der Waals surface area (Å²) in [6.45, 7) is 3.33. The molecule has 1 amide bonds. The van der Waals surface area contributed by atoms with Crippen LogP contribution in [0.4, 0.5) is 11.6 Å². The van der Waals surface area contributed by atoms with Gasteiger partial charge in [-0.1, -0.05) is 5.16 Å². The summed E-state index contributed by atoms with van der Waals surface area (Å²) in [6, 6.07) is 1.71. The number of hydrogen-bond donors (Lipinski definition) is 1. The van der Waals surface area contributed by atoms with Crippen molar-refractivity contribution in [1.29, 1.82) is 0 Å². The van der Waals surface area contributed by atoms with Gasteiger partial charge in [-0.05, 0) is 19.8 Å². The number of carbonyl (C=O) groups excluding carboxylic acids is 1. The average molecular weight is 287 g/mol. The van der Waals surface area contributed by atoms with Gasteiger partial charge in [0.05, 0.1) is 12.1 Å². The number of aromatic nitrogens is 3. The Kier molecular flexibility index (Phi) is 3.81. The molecule has 0 saturated carbocycles. The number of anilines is 2. The Morgan fingerprint density at radius 2 is 2.38 bits per heavy atom. The molecule has 110 valence electrons. The summed E-state index contributed by atoms with van der Waals surface area (Å²) in [4.78, 5) is 22.8. The van der Waals surface area contributed by atoms with Crippen LogP contribution in [0.1, 0.15) is 18.6 Å². The molecule has 1 N–H and O–H groups in total. The topological polar surface area (TPSA) is 84.2 Å². The monoisotopic (exact) mass is 287 g/mol. The summed E-state index contributed by atoms with van der Waals surface area (Å²) in [6.07, 6.45) is 6.84. The standard InChI is InChI=1S/C14H17N5O2/c1-10-7-12(18-21-10)17-14(20)11-3-2-6-19(9-11)13-8-15-4-5-16-13/h4-5,7-8,11H,2-3,6,9H2,1H3,(H,17,18,20)/t11-/m1/s1. The van der Waals surface area contributed by atoms with E-state index in [9.17, 15) is 4.79 Å². The highest BCUT2D eigenvalue weighted by molar-refractivity contribution is 5.92. The first kappa shape index (κ1) is 13.5. The Labute approximate surface area is 122 Å². The summed E-state index contributed by atoms with van der Waals surface area (Å²) >= 11 is 0. The van der Waals surface area contributed by atoms with Crippen LogP contribution >= 0.6 is 0 Å². The molecule has 3 rings (SSSR count). The average Bonchev–Trinajstić information content (AvgIpc) is 2.93. The van der Waals surface area contributed by atoms with Crippen molar-refractivity contribution in [3.63, 3.8) is 0 Å². The lowest BCUT2D eigenvalue weighted by molar-refractivity contribution is -0.120. The third-order valence-corrected chi connectivity index (χ3v) is 3.54. The van der Waals surface area contributed by atoms with Gasteiger partial charge in [0.1, 0.15) is 11.6 Å². The highest BCUT2D eigenvalue weighted by Crippen LogP contribution is 2.22. The molecule has 0 aromatic carbocycles. The second kappa shape index (κ2) is 5.90. The molecule has 0 bridgehead atoms. The van der Waals surface area contributed by atoms with E-state index < -0.39 is 0 Å². The Morgan fingerprint density at radius 1 is 1.48 bits per heavy atom. The minimum absolute atomic E-state index is 0.0307. The van der Waals surface area contributed by atoms with Gasteiger partial charge in [-0.3, -0.25) is 9.78 Å². The maximum atomic E-state index is 12.3. The van der Waals surface area contributed by atoms with E-state index in [1.807, 2.05) is 0 Å². The van der Waals surface area contributed by atoms with Crippen LogP contribution < -0.4 is 10.2 Å². The summed E-state index contributed by atoms with van der Waals surface area (Å²) in [5.41, 5.74) is 0. The summed E-state index contributed by atoms with van der Waals surface area (Å²) in [5.74, 6) is 1.84. The van der Waals surface area contributed by atoms with Crippen molar-refractivity contribution in [2.24, 2.45) is 5.92 Å². The molecule has 1 saturated heterocycles. The van der Waals surface area contributed by atoms with Crippen molar-refractivity contribution in [1.82, 2.24) is 15.1 Å². The maximum Gasteiger partial charge on any atom is 0.230 e. The van der Waals surface area contributed by atoms with Crippen LogP contribution in [0.15, 0.2) is 29.2 Å². The van der Waals surface area contributed by atoms with Crippen molar-refractivity contribution in [2.75, 3.05) is 23.3 Å². The van der Waals surface area contributed by atoms with Crippen LogP contribution in [0, 0.1) is 12.8 Å². The smallest absolute Gasteiger partial charge is 0.230 e. The second-order valence-corrected chi connectivity index (χ2v) is 5.16. The molecule has 0 aliphatic carbocycles. The third kappa shape index (κ3) is 3.18.